The highest BCUT2D eigenvalue weighted by Gasteiger charge is 2.33. The number of nitrogens with two attached hydrogens (primary N) is 1. The van der Waals surface area contributed by atoms with Gasteiger partial charge in [0.25, 0.3) is 0 Å². The van der Waals surface area contributed by atoms with Gasteiger partial charge in [-0.05, 0) is 42.4 Å². The molecule has 4 heteroatoms. The lowest BCUT2D eigenvalue weighted by Gasteiger charge is -2.28. The van der Waals surface area contributed by atoms with Gasteiger partial charge in [-0.3, -0.25) is 4.79 Å². The molecule has 4 nitrogen and oxygen atoms in total. The van der Waals surface area contributed by atoms with Gasteiger partial charge in [0.2, 0.25) is 5.91 Å². The number of aliphatic hydroxyl groups excluding tert-OH is 1. The minimum absolute atomic E-state index is 0.0407. The third-order valence-corrected chi connectivity index (χ3v) is 4.31. The molecular weight excluding hydrogens is 252 g/mol. The first kappa shape index (κ1) is 14.9. The maximum atomic E-state index is 12.0. The van der Waals surface area contributed by atoms with E-state index in [0.717, 1.165) is 24.8 Å². The largest absolute Gasteiger partial charge is 0.399 e. The van der Waals surface area contributed by atoms with E-state index in [9.17, 15) is 9.90 Å². The van der Waals surface area contributed by atoms with Crippen molar-refractivity contribution in [3.63, 3.8) is 0 Å². The van der Waals surface area contributed by atoms with E-state index >= 15 is 0 Å². The number of anilines is 1. The molecule has 1 aliphatic rings. The van der Waals surface area contributed by atoms with Gasteiger partial charge < -0.3 is 16.2 Å². The third kappa shape index (κ3) is 3.97. The molecule has 0 heterocycles. The first-order valence-electron chi connectivity index (χ1n) is 7.36. The van der Waals surface area contributed by atoms with E-state index in [0.29, 0.717) is 18.7 Å². The van der Waals surface area contributed by atoms with Crippen LogP contribution in [0.5, 0.6) is 0 Å². The number of aliphatic hydroxyl groups is 1. The zero-order valence-electron chi connectivity index (χ0n) is 11.9. The van der Waals surface area contributed by atoms with Crippen LogP contribution in [-0.4, -0.2) is 24.2 Å². The molecule has 20 heavy (non-hydrogen) atoms. The van der Waals surface area contributed by atoms with Gasteiger partial charge in [0, 0.05) is 18.8 Å². The summed E-state index contributed by atoms with van der Waals surface area (Å²) in [5.41, 5.74) is 7.42. The summed E-state index contributed by atoms with van der Waals surface area (Å²) in [6, 6.07) is 7.39. The SMILES string of the molecule is Nc1ccc(CC(=O)NCC2(CCO)CCCC2)cc1. The lowest BCUT2D eigenvalue weighted by molar-refractivity contribution is -0.121. The molecule has 0 spiro atoms. The maximum absolute atomic E-state index is 12.0. The Labute approximate surface area is 120 Å². The Morgan fingerprint density at radius 2 is 1.90 bits per heavy atom. The van der Waals surface area contributed by atoms with E-state index in [2.05, 4.69) is 5.32 Å². The summed E-state index contributed by atoms with van der Waals surface area (Å²) in [4.78, 5) is 12.0. The topological polar surface area (TPSA) is 75.4 Å². The second-order valence-electron chi connectivity index (χ2n) is 5.88. The fourth-order valence-electron chi connectivity index (χ4n) is 3.05. The molecule has 2 rings (SSSR count). The van der Waals surface area contributed by atoms with Crippen molar-refractivity contribution in [2.24, 2.45) is 5.41 Å². The van der Waals surface area contributed by atoms with Crippen molar-refractivity contribution in [1.82, 2.24) is 5.32 Å². The summed E-state index contributed by atoms with van der Waals surface area (Å²) < 4.78 is 0. The highest BCUT2D eigenvalue weighted by atomic mass is 16.3. The smallest absolute Gasteiger partial charge is 0.224 e. The molecule has 0 saturated heterocycles. The van der Waals surface area contributed by atoms with Gasteiger partial charge in [0.1, 0.15) is 0 Å². The van der Waals surface area contributed by atoms with Crippen LogP contribution in [0.25, 0.3) is 0 Å². The van der Waals surface area contributed by atoms with Crippen molar-refractivity contribution in [2.75, 3.05) is 18.9 Å². The van der Waals surface area contributed by atoms with Gasteiger partial charge in [-0.2, -0.15) is 0 Å². The van der Waals surface area contributed by atoms with E-state index < -0.39 is 0 Å². The number of hydrogen-bond acceptors (Lipinski definition) is 3. The highest BCUT2D eigenvalue weighted by molar-refractivity contribution is 5.78. The maximum Gasteiger partial charge on any atom is 0.224 e. The van der Waals surface area contributed by atoms with E-state index in [-0.39, 0.29) is 17.9 Å². The zero-order chi connectivity index (χ0) is 14.4. The molecule has 1 amide bonds. The number of nitrogens with one attached hydrogen (secondary N) is 1. The minimum atomic E-state index is 0.0407. The molecule has 1 aromatic carbocycles. The average Bonchev–Trinajstić information content (AvgIpc) is 2.89. The molecule has 1 aromatic rings. The van der Waals surface area contributed by atoms with Crippen LogP contribution in [0.4, 0.5) is 5.69 Å². The summed E-state index contributed by atoms with van der Waals surface area (Å²) in [6.45, 7) is 0.884. The lowest BCUT2D eigenvalue weighted by Crippen LogP contribution is -2.37. The van der Waals surface area contributed by atoms with E-state index in [4.69, 9.17) is 5.73 Å². The van der Waals surface area contributed by atoms with Crippen LogP contribution in [0.3, 0.4) is 0 Å². The summed E-state index contributed by atoms with van der Waals surface area (Å²) in [7, 11) is 0. The summed E-state index contributed by atoms with van der Waals surface area (Å²) in [5.74, 6) is 0.0407. The van der Waals surface area contributed by atoms with Crippen LogP contribution < -0.4 is 11.1 Å². The molecular formula is C16H24N2O2. The number of amides is 1. The van der Waals surface area contributed by atoms with Crippen LogP contribution in [0.1, 0.15) is 37.7 Å². The molecule has 0 bridgehead atoms. The standard InChI is InChI=1S/C16H24N2O2/c17-14-5-3-13(4-6-14)11-15(20)18-12-16(9-10-19)7-1-2-8-16/h3-6,19H,1-2,7-12,17H2,(H,18,20). The minimum Gasteiger partial charge on any atom is -0.399 e. The number of carbonyl (C=O) groups excluding carboxylic acids is 1. The molecule has 1 fully saturated rings. The van der Waals surface area contributed by atoms with Gasteiger partial charge in [0.05, 0.1) is 6.42 Å². The number of rotatable bonds is 6. The van der Waals surface area contributed by atoms with Crippen LogP contribution in [-0.2, 0) is 11.2 Å². The van der Waals surface area contributed by atoms with Crippen LogP contribution in [0.15, 0.2) is 24.3 Å². The highest BCUT2D eigenvalue weighted by Crippen LogP contribution is 2.40. The Hall–Kier alpha value is -1.55. The first-order chi connectivity index (χ1) is 9.63. The van der Waals surface area contributed by atoms with E-state index in [1.807, 2.05) is 24.3 Å². The molecule has 1 saturated carbocycles. The van der Waals surface area contributed by atoms with E-state index in [1.54, 1.807) is 0 Å². The Kier molecular flexibility index (Phi) is 5.01. The predicted molar refractivity (Wildman–Crippen MR) is 80.2 cm³/mol. The molecule has 1 aliphatic carbocycles. The Bertz CT molecular complexity index is 436. The number of hydrogen-bond donors (Lipinski definition) is 3. The number of benzene rings is 1. The molecule has 0 aromatic heterocycles. The summed E-state index contributed by atoms with van der Waals surface area (Å²) in [5, 5.41) is 12.2. The van der Waals surface area contributed by atoms with Crippen molar-refractivity contribution < 1.29 is 9.90 Å². The number of nitrogen functional groups attached to an aromatic ring is 1. The fraction of sp³-hybridized carbons (Fsp3) is 0.562. The molecule has 0 unspecified atom stereocenters. The van der Waals surface area contributed by atoms with Crippen molar-refractivity contribution in [2.45, 2.75) is 38.5 Å². The van der Waals surface area contributed by atoms with Crippen molar-refractivity contribution in [3.05, 3.63) is 29.8 Å². The Morgan fingerprint density at radius 3 is 2.50 bits per heavy atom. The van der Waals surface area contributed by atoms with Crippen LogP contribution in [0.2, 0.25) is 0 Å². The molecule has 0 aliphatic heterocycles. The van der Waals surface area contributed by atoms with Gasteiger partial charge in [-0.15, -0.1) is 0 Å². The van der Waals surface area contributed by atoms with E-state index in [1.165, 1.54) is 12.8 Å². The van der Waals surface area contributed by atoms with Crippen LogP contribution in [0, 0.1) is 5.41 Å². The Morgan fingerprint density at radius 1 is 1.25 bits per heavy atom. The fourth-order valence-corrected chi connectivity index (χ4v) is 3.05. The van der Waals surface area contributed by atoms with Gasteiger partial charge in [0.15, 0.2) is 0 Å². The normalized spacial score (nSPS) is 17.1. The predicted octanol–water partition coefficient (Wildman–Crippen LogP) is 1.87. The van der Waals surface area contributed by atoms with Crippen molar-refractivity contribution in [3.8, 4) is 0 Å². The third-order valence-electron chi connectivity index (χ3n) is 4.31. The molecule has 0 radical (unpaired) electrons. The zero-order valence-corrected chi connectivity index (χ0v) is 11.9. The van der Waals surface area contributed by atoms with Crippen molar-refractivity contribution >= 4 is 11.6 Å². The van der Waals surface area contributed by atoms with Crippen molar-refractivity contribution in [1.29, 1.82) is 0 Å². The first-order valence-corrected chi connectivity index (χ1v) is 7.36. The lowest BCUT2D eigenvalue weighted by atomic mass is 9.83. The Balaban J connectivity index is 1.83. The summed E-state index contributed by atoms with van der Waals surface area (Å²) >= 11 is 0. The van der Waals surface area contributed by atoms with Gasteiger partial charge in [-0.25, -0.2) is 0 Å². The average molecular weight is 276 g/mol. The van der Waals surface area contributed by atoms with Gasteiger partial charge in [-0.1, -0.05) is 25.0 Å². The molecule has 4 N–H and O–H groups in total. The monoisotopic (exact) mass is 276 g/mol. The molecule has 0 atom stereocenters. The number of carbonyl (C=O) groups is 1. The summed E-state index contributed by atoms with van der Waals surface area (Å²) in [6.07, 6.45) is 5.79. The van der Waals surface area contributed by atoms with Gasteiger partial charge >= 0.3 is 0 Å². The quantitative estimate of drug-likeness (QED) is 0.694. The second kappa shape index (κ2) is 6.75. The second-order valence-corrected chi connectivity index (χ2v) is 5.88. The molecule has 110 valence electrons. The van der Waals surface area contributed by atoms with Crippen LogP contribution >= 0.6 is 0 Å².